The van der Waals surface area contributed by atoms with Crippen LogP contribution >= 0.6 is 7.82 Å². The minimum atomic E-state index is -4.35. The number of methoxy groups -OCH3 is 1. The summed E-state index contributed by atoms with van der Waals surface area (Å²) in [4.78, 5) is 37.6. The molecule has 0 aromatic rings. The number of hydrogen-bond acceptors (Lipinski definition) is 15. The van der Waals surface area contributed by atoms with Gasteiger partial charge >= 0.3 is 25.9 Å². The Morgan fingerprint density at radius 1 is 0.456 bits per heavy atom. The maximum atomic E-state index is 13.1. The molecule has 0 spiro atoms. The van der Waals surface area contributed by atoms with E-state index in [2.05, 4.69) is 23.8 Å². The highest BCUT2D eigenvalue weighted by Gasteiger charge is 2.29. The number of unbranched alkanes of at least 4 members (excludes halogenated alkanes) is 28. The Labute approximate surface area is 413 Å². The van der Waals surface area contributed by atoms with Crippen molar-refractivity contribution in [2.24, 2.45) is 5.90 Å². The van der Waals surface area contributed by atoms with E-state index in [1.165, 1.54) is 141 Å². The molecule has 1 amide bonds. The van der Waals surface area contributed by atoms with Gasteiger partial charge in [0.2, 0.25) is 0 Å². The molecule has 404 valence electrons. The van der Waals surface area contributed by atoms with Crippen LogP contribution in [0.2, 0.25) is 0 Å². The van der Waals surface area contributed by atoms with E-state index in [0.717, 1.165) is 38.5 Å². The molecule has 0 rings (SSSR count). The van der Waals surface area contributed by atoms with Crippen LogP contribution in [0.4, 0.5) is 4.79 Å². The third kappa shape index (κ3) is 49.1. The lowest BCUT2D eigenvalue weighted by molar-refractivity contribution is -0.161. The largest absolute Gasteiger partial charge is 0.491 e. The molecule has 0 bridgehead atoms. The van der Waals surface area contributed by atoms with Gasteiger partial charge in [-0.25, -0.2) is 19.9 Å². The summed E-state index contributed by atoms with van der Waals surface area (Å²) >= 11 is 0. The molecule has 2 atom stereocenters. The van der Waals surface area contributed by atoms with Crippen LogP contribution in [0.25, 0.3) is 0 Å². The second-order valence-corrected chi connectivity index (χ2v) is 19.4. The second-order valence-electron chi connectivity index (χ2n) is 17.8. The van der Waals surface area contributed by atoms with Crippen LogP contribution in [0.3, 0.4) is 0 Å². The smallest absolute Gasteiger partial charge is 0.462 e. The maximum Gasteiger partial charge on any atom is 0.491 e. The van der Waals surface area contributed by atoms with E-state index in [1.807, 2.05) is 0 Å². The highest BCUT2D eigenvalue weighted by Crippen LogP contribution is 2.47. The fourth-order valence-corrected chi connectivity index (χ4v) is 8.27. The second kappa shape index (κ2) is 52.9. The van der Waals surface area contributed by atoms with Gasteiger partial charge in [-0.1, -0.05) is 194 Å². The average molecular weight is 997 g/mol. The van der Waals surface area contributed by atoms with E-state index in [9.17, 15) is 18.9 Å². The molecule has 0 aromatic heterocycles. The summed E-state index contributed by atoms with van der Waals surface area (Å²) in [7, 11) is -2.74. The number of ether oxygens (including phenoxy) is 7. The summed E-state index contributed by atoms with van der Waals surface area (Å²) in [5.41, 5.74) is 0. The quantitative estimate of drug-likeness (QED) is 0.0192. The summed E-state index contributed by atoms with van der Waals surface area (Å²) in [5, 5.41) is 2.46. The lowest BCUT2D eigenvalue weighted by Crippen LogP contribution is -2.30. The van der Waals surface area contributed by atoms with Gasteiger partial charge in [0.1, 0.15) is 13.2 Å². The van der Waals surface area contributed by atoms with Crippen molar-refractivity contribution >= 4 is 25.9 Å². The van der Waals surface area contributed by atoms with E-state index in [1.54, 1.807) is 7.11 Å². The van der Waals surface area contributed by atoms with E-state index in [-0.39, 0.29) is 45.8 Å². The molecule has 0 aliphatic heterocycles. The van der Waals surface area contributed by atoms with Crippen LogP contribution < -0.4 is 11.2 Å². The molecule has 0 aromatic carbocycles. The number of esters is 2. The molecule has 3 N–H and O–H groups in total. The molecule has 0 aliphatic carbocycles. The predicted octanol–water partition coefficient (Wildman–Crippen LogP) is 12.4. The summed E-state index contributed by atoms with van der Waals surface area (Å²) in [6.07, 6.45) is 35.3. The third-order valence-corrected chi connectivity index (χ3v) is 12.7. The first kappa shape index (κ1) is 66.1. The third-order valence-electron chi connectivity index (χ3n) is 11.5. The maximum absolute atomic E-state index is 13.1. The van der Waals surface area contributed by atoms with Crippen LogP contribution in [0.5, 0.6) is 0 Å². The van der Waals surface area contributed by atoms with Crippen LogP contribution in [-0.4, -0.2) is 110 Å². The van der Waals surface area contributed by atoms with Gasteiger partial charge in [0.25, 0.3) is 0 Å². The molecule has 16 nitrogen and oxygen atoms in total. The lowest BCUT2D eigenvalue weighted by atomic mass is 10.0. The monoisotopic (exact) mass is 997 g/mol. The number of carbonyl (C=O) groups is 3. The SMILES string of the molecule is CCCCCCCCCCCCCCCCCC(=O)OC[C@H](COP(=O)(ON)OCCNC(=O)OCCOCCOCCOCCOC)OC(=O)CCCCCCCCCCCCCCCCC. The summed E-state index contributed by atoms with van der Waals surface area (Å²) < 4.78 is 65.4. The van der Waals surface area contributed by atoms with Crippen molar-refractivity contribution in [1.29, 1.82) is 0 Å². The fraction of sp³-hybridized carbons (Fsp3) is 0.941. The van der Waals surface area contributed by atoms with Crippen molar-refractivity contribution in [2.45, 2.75) is 225 Å². The Bertz CT molecular complexity index is 1160. The van der Waals surface area contributed by atoms with Gasteiger partial charge in [0.05, 0.1) is 59.5 Å². The molecule has 17 heteroatoms. The van der Waals surface area contributed by atoms with Crippen LogP contribution in [0.1, 0.15) is 219 Å². The Kier molecular flexibility index (Phi) is 51.5. The van der Waals surface area contributed by atoms with Gasteiger partial charge in [-0.05, 0) is 12.8 Å². The molecule has 0 radical (unpaired) electrons. The molecular weight excluding hydrogens is 896 g/mol. The van der Waals surface area contributed by atoms with Crippen molar-refractivity contribution in [3.05, 3.63) is 0 Å². The van der Waals surface area contributed by atoms with Gasteiger partial charge in [0.15, 0.2) is 6.10 Å². The highest BCUT2D eigenvalue weighted by molar-refractivity contribution is 7.48. The minimum absolute atomic E-state index is 0.00390. The number of phosphoric ester groups is 1. The minimum Gasteiger partial charge on any atom is -0.462 e. The Morgan fingerprint density at radius 3 is 1.25 bits per heavy atom. The molecule has 1 unspecified atom stereocenters. The number of carbonyl (C=O) groups excluding carboxylic acids is 3. The lowest BCUT2D eigenvalue weighted by Gasteiger charge is -2.21. The number of phosphoric acid groups is 1. The van der Waals surface area contributed by atoms with Crippen LogP contribution in [0.15, 0.2) is 0 Å². The van der Waals surface area contributed by atoms with E-state index in [4.69, 9.17) is 48.1 Å². The van der Waals surface area contributed by atoms with Gasteiger partial charge in [-0.3, -0.25) is 18.6 Å². The first-order chi connectivity index (χ1) is 33.3. The number of nitrogens with two attached hydrogens (primary N) is 1. The summed E-state index contributed by atoms with van der Waals surface area (Å²) in [5.74, 6) is 4.40. The number of rotatable bonds is 55. The molecule has 68 heavy (non-hydrogen) atoms. The molecular formula is C51H101N2O14P. The van der Waals surface area contributed by atoms with Crippen LogP contribution in [-0.2, 0) is 61.0 Å². The van der Waals surface area contributed by atoms with E-state index < -0.39 is 38.6 Å². The summed E-state index contributed by atoms with van der Waals surface area (Å²) in [6, 6.07) is 0. The zero-order valence-corrected chi connectivity index (χ0v) is 44.3. The topological polar surface area (TPSA) is 199 Å². The first-order valence-electron chi connectivity index (χ1n) is 27.1. The normalized spacial score (nSPS) is 12.8. The number of nitrogens with one attached hydrogen (secondary N) is 1. The molecule has 0 aliphatic rings. The van der Waals surface area contributed by atoms with Crippen molar-refractivity contribution in [3.8, 4) is 0 Å². The summed E-state index contributed by atoms with van der Waals surface area (Å²) in [6.45, 7) is 6.15. The first-order valence-corrected chi connectivity index (χ1v) is 28.5. The van der Waals surface area contributed by atoms with Gasteiger partial charge < -0.3 is 38.5 Å². The number of amides is 1. The Hall–Kier alpha value is -1.88. The zero-order chi connectivity index (χ0) is 49.7. The van der Waals surface area contributed by atoms with Crippen LogP contribution in [0, 0.1) is 0 Å². The fourth-order valence-electron chi connectivity index (χ4n) is 7.41. The average Bonchev–Trinajstić information content (AvgIpc) is 3.34. The molecule has 0 saturated heterocycles. The van der Waals surface area contributed by atoms with Gasteiger partial charge in [-0.15, -0.1) is 0 Å². The molecule has 0 heterocycles. The Balaban J connectivity index is 4.58. The van der Waals surface area contributed by atoms with Crippen molar-refractivity contribution in [3.63, 3.8) is 0 Å². The standard InChI is InChI=1S/C51H101N2O14P/c1-4-6-8-10-12-14-16-18-20-22-24-26-28-30-32-34-49(54)63-46-48(66-50(55)35-33-31-29-27-25-23-21-19-17-15-13-11-9-7-5-2)47-65-68(57,67-52)64-37-36-53-51(56)62-45-44-61-43-42-60-41-40-59-39-38-58-3/h48H,4-47,52H2,1-3H3,(H,53,56)/t48-,68?/m1/s1. The predicted molar refractivity (Wildman–Crippen MR) is 268 cm³/mol. The van der Waals surface area contributed by atoms with E-state index >= 15 is 0 Å². The molecule has 0 saturated carbocycles. The zero-order valence-electron chi connectivity index (χ0n) is 43.4. The van der Waals surface area contributed by atoms with Gasteiger partial charge in [-0.2, -0.15) is 0 Å². The van der Waals surface area contributed by atoms with Gasteiger partial charge in [0, 0.05) is 26.5 Å². The number of hydrogen-bond donors (Lipinski definition) is 2. The van der Waals surface area contributed by atoms with Crippen molar-refractivity contribution < 1.29 is 65.8 Å². The Morgan fingerprint density at radius 2 is 0.838 bits per heavy atom. The van der Waals surface area contributed by atoms with E-state index in [0.29, 0.717) is 52.5 Å². The van der Waals surface area contributed by atoms with Crippen molar-refractivity contribution in [2.75, 3.05) is 86.3 Å². The molecule has 0 fully saturated rings. The van der Waals surface area contributed by atoms with Crippen molar-refractivity contribution in [1.82, 2.24) is 5.32 Å². The number of alkyl carbamates (subject to hydrolysis) is 1. The highest BCUT2D eigenvalue weighted by atomic mass is 31.2.